The van der Waals surface area contributed by atoms with E-state index in [1.165, 1.54) is 138 Å². The Kier molecular flexibility index (Phi) is 33.5. The quantitative estimate of drug-likeness (QED) is 0.0891. The van der Waals surface area contributed by atoms with Crippen molar-refractivity contribution in [2.45, 2.75) is 132 Å². The molecule has 0 saturated heterocycles. The molecule has 0 aliphatic heterocycles. The van der Waals surface area contributed by atoms with Crippen molar-refractivity contribution in [3.8, 4) is 0 Å². The Balaban J connectivity index is -0.000000243. The third-order valence-corrected chi connectivity index (χ3v) is 7.26. The van der Waals surface area contributed by atoms with Crippen LogP contribution in [0.1, 0.15) is 132 Å². The lowest BCUT2D eigenvalue weighted by atomic mass is 10.1. The van der Waals surface area contributed by atoms with Gasteiger partial charge in [-0.1, -0.05) is 80.1 Å². The molecule has 2 N–H and O–H groups in total. The van der Waals surface area contributed by atoms with E-state index in [2.05, 4.69) is 55.4 Å². The van der Waals surface area contributed by atoms with Gasteiger partial charge in [0.1, 0.15) is 0 Å². The molecule has 0 aromatic heterocycles. The topological polar surface area (TPSA) is 155 Å². The summed E-state index contributed by atoms with van der Waals surface area (Å²) in [5.41, 5.74) is 0. The summed E-state index contributed by atoms with van der Waals surface area (Å²) in [5, 5.41) is 0. The van der Waals surface area contributed by atoms with Gasteiger partial charge in [-0.3, -0.25) is 9.11 Å². The minimum Gasteiger partial charge on any atom is -0.726 e. The molecule has 0 fully saturated rings. The van der Waals surface area contributed by atoms with Gasteiger partial charge >= 0.3 is 0 Å². The molecule has 40 heavy (non-hydrogen) atoms. The Labute approximate surface area is 249 Å². The van der Waals surface area contributed by atoms with Crippen LogP contribution in [0.5, 0.6) is 0 Å². The molecule has 0 heterocycles. The monoisotopic (exact) mass is 622 g/mol. The molecule has 0 radical (unpaired) electrons. The van der Waals surface area contributed by atoms with Crippen LogP contribution in [0, 0.1) is 0 Å². The summed E-state index contributed by atoms with van der Waals surface area (Å²) in [6.07, 6.45) is 16.5. The molecule has 0 unspecified atom stereocenters. The molecule has 0 atom stereocenters. The van der Waals surface area contributed by atoms with Gasteiger partial charge in [-0.2, -0.15) is 0 Å². The van der Waals surface area contributed by atoms with E-state index >= 15 is 0 Å². The fraction of sp³-hybridized carbons (Fsp3) is 1.00. The summed E-state index contributed by atoms with van der Waals surface area (Å²) in [6, 6.07) is 0. The predicted octanol–water partition coefficient (Wildman–Crippen LogP) is 6.46. The Morgan fingerprint density at radius 3 is 0.625 bits per heavy atom. The molecule has 12 heteroatoms. The number of hydrogen-bond acceptors (Lipinski definition) is 6. The maximum absolute atomic E-state index is 8.63. The first kappa shape index (κ1) is 46.6. The van der Waals surface area contributed by atoms with Gasteiger partial charge in [-0.25, -0.2) is 16.8 Å². The largest absolute Gasteiger partial charge is 0.726 e. The molecule has 0 aromatic rings. The van der Waals surface area contributed by atoms with Crippen molar-refractivity contribution < 1.29 is 44.0 Å². The first-order valence-electron chi connectivity index (χ1n) is 15.6. The lowest BCUT2D eigenvalue weighted by Gasteiger charge is -2.38. The van der Waals surface area contributed by atoms with E-state index in [0.717, 1.165) is 0 Å². The zero-order chi connectivity index (χ0) is 32.1. The fourth-order valence-corrected chi connectivity index (χ4v) is 4.58. The second kappa shape index (κ2) is 28.8. The summed E-state index contributed by atoms with van der Waals surface area (Å²) in [7, 11) is -9.83. The third kappa shape index (κ3) is 39.8. The molecule has 0 bridgehead atoms. The maximum atomic E-state index is 8.63. The molecular weight excluding hydrogens is 556 g/mol. The van der Waals surface area contributed by atoms with Gasteiger partial charge in [-0.05, 0) is 52.4 Å². The van der Waals surface area contributed by atoms with Crippen molar-refractivity contribution in [1.82, 2.24) is 0 Å². The highest BCUT2D eigenvalue weighted by Crippen LogP contribution is 2.15. The minimum atomic E-state index is -4.92. The molecule has 0 aliphatic rings. The normalized spacial score (nSPS) is 11.9. The molecule has 0 spiro atoms. The summed E-state index contributed by atoms with van der Waals surface area (Å²) in [5.74, 6) is 0. The average molecular weight is 623 g/mol. The Morgan fingerprint density at radius 2 is 0.550 bits per heavy atom. The summed E-state index contributed by atoms with van der Waals surface area (Å²) < 4.78 is 68.4. The average Bonchev–Trinajstić information content (AvgIpc) is 2.87. The van der Waals surface area contributed by atoms with Crippen LogP contribution >= 0.6 is 0 Å². The van der Waals surface area contributed by atoms with Gasteiger partial charge in [0.05, 0.1) is 52.4 Å². The second-order valence-corrected chi connectivity index (χ2v) is 12.3. The van der Waals surface area contributed by atoms with Crippen molar-refractivity contribution in [2.24, 2.45) is 0 Å². The molecule has 0 amide bonds. The SMILES string of the molecule is CCCC[N+](CC)(CCCC)CCCC.CCCC[N+](CC)(CCCC)CCCC.O=S(=O)([O-])O.O=S(=O)([O-])O. The first-order valence-corrected chi connectivity index (χ1v) is 18.3. The van der Waals surface area contributed by atoms with E-state index in [4.69, 9.17) is 35.0 Å². The number of quaternary nitrogens is 2. The van der Waals surface area contributed by atoms with E-state index in [9.17, 15) is 0 Å². The zero-order valence-corrected chi connectivity index (χ0v) is 28.8. The van der Waals surface area contributed by atoms with Crippen LogP contribution in [-0.2, 0) is 20.8 Å². The van der Waals surface area contributed by atoms with Gasteiger partial charge in [-0.15, -0.1) is 0 Å². The Hall–Kier alpha value is -0.340. The lowest BCUT2D eigenvalue weighted by molar-refractivity contribution is -0.927. The smallest absolute Gasteiger partial charge is 0.215 e. The number of hydrogen-bond donors (Lipinski definition) is 2. The van der Waals surface area contributed by atoms with E-state index in [1.54, 1.807) is 0 Å². The van der Waals surface area contributed by atoms with E-state index in [1.807, 2.05) is 0 Å². The highest BCUT2D eigenvalue weighted by Gasteiger charge is 2.23. The molecule has 248 valence electrons. The third-order valence-electron chi connectivity index (χ3n) is 7.26. The van der Waals surface area contributed by atoms with Crippen LogP contribution in [0.3, 0.4) is 0 Å². The molecule has 0 aliphatic carbocycles. The molecule has 0 rings (SSSR count). The highest BCUT2D eigenvalue weighted by molar-refractivity contribution is 7.80. The van der Waals surface area contributed by atoms with Crippen LogP contribution in [0.2, 0.25) is 0 Å². The number of rotatable bonds is 20. The van der Waals surface area contributed by atoms with Crippen LogP contribution in [0.25, 0.3) is 0 Å². The van der Waals surface area contributed by atoms with Gasteiger partial charge in [0, 0.05) is 0 Å². The fourth-order valence-electron chi connectivity index (χ4n) is 4.58. The second-order valence-electron chi connectivity index (χ2n) is 10.6. The molecule has 0 saturated carbocycles. The van der Waals surface area contributed by atoms with Gasteiger partial charge in [0.15, 0.2) is 0 Å². The van der Waals surface area contributed by atoms with Crippen LogP contribution in [0.4, 0.5) is 0 Å². The predicted molar refractivity (Wildman–Crippen MR) is 165 cm³/mol. The molecule has 0 aromatic carbocycles. The first-order chi connectivity index (χ1) is 18.5. The van der Waals surface area contributed by atoms with E-state index < -0.39 is 20.8 Å². The van der Waals surface area contributed by atoms with Gasteiger partial charge < -0.3 is 18.1 Å². The van der Waals surface area contributed by atoms with E-state index in [0.29, 0.717) is 0 Å². The van der Waals surface area contributed by atoms with Crippen LogP contribution < -0.4 is 0 Å². The van der Waals surface area contributed by atoms with Crippen molar-refractivity contribution in [1.29, 1.82) is 0 Å². The van der Waals surface area contributed by atoms with Crippen LogP contribution in [0.15, 0.2) is 0 Å². The Morgan fingerprint density at radius 1 is 0.425 bits per heavy atom. The standard InChI is InChI=1S/2C14H32N.2H2O4S/c2*1-5-9-12-15(8-4,13-10-6-2)14-11-7-3;2*1-5(2,3)4/h2*5-14H2,1-4H3;2*(H2,1,2,3,4)/q2*+1;;/p-2. The summed E-state index contributed by atoms with van der Waals surface area (Å²) >= 11 is 0. The van der Waals surface area contributed by atoms with Crippen molar-refractivity contribution in [3.05, 3.63) is 0 Å². The van der Waals surface area contributed by atoms with Crippen molar-refractivity contribution in [2.75, 3.05) is 52.4 Å². The number of unbranched alkanes of at least 4 members (excludes halogenated alkanes) is 6. The number of nitrogens with zero attached hydrogens (tertiary/aromatic N) is 2. The van der Waals surface area contributed by atoms with E-state index in [-0.39, 0.29) is 0 Å². The molecular formula is C28H66N2O8S2. The summed E-state index contributed by atoms with van der Waals surface area (Å²) in [4.78, 5) is 0. The van der Waals surface area contributed by atoms with Crippen molar-refractivity contribution >= 4 is 20.8 Å². The van der Waals surface area contributed by atoms with Gasteiger partial charge in [0.2, 0.25) is 20.8 Å². The lowest BCUT2D eigenvalue weighted by Crippen LogP contribution is -2.49. The van der Waals surface area contributed by atoms with Gasteiger partial charge in [0.25, 0.3) is 0 Å². The molecule has 10 nitrogen and oxygen atoms in total. The van der Waals surface area contributed by atoms with Crippen LogP contribution in [-0.4, -0.2) is 96.4 Å². The highest BCUT2D eigenvalue weighted by atomic mass is 32.3. The maximum Gasteiger partial charge on any atom is 0.215 e. The van der Waals surface area contributed by atoms with Crippen molar-refractivity contribution in [3.63, 3.8) is 0 Å². The Bertz CT molecular complexity index is 611. The zero-order valence-electron chi connectivity index (χ0n) is 27.2. The minimum absolute atomic E-state index is 1.33. The summed E-state index contributed by atoms with van der Waals surface area (Å²) in [6.45, 7) is 29.7.